The Kier molecular flexibility index (Phi) is 4.63. The van der Waals surface area contributed by atoms with Crippen molar-refractivity contribution in [3.05, 3.63) is 41.2 Å². The van der Waals surface area contributed by atoms with E-state index in [1.807, 2.05) is 30.1 Å². The van der Waals surface area contributed by atoms with Gasteiger partial charge in [-0.1, -0.05) is 11.6 Å². The van der Waals surface area contributed by atoms with Crippen LogP contribution in [-0.2, 0) is 6.54 Å². The van der Waals surface area contributed by atoms with Gasteiger partial charge in [0.25, 0.3) is 0 Å². The Labute approximate surface area is 123 Å². The molecule has 0 unspecified atom stereocenters. The highest BCUT2D eigenvalue weighted by Crippen LogP contribution is 2.24. The van der Waals surface area contributed by atoms with Crippen LogP contribution < -0.4 is 14.4 Å². The smallest absolute Gasteiger partial charge is 0.225 e. The number of anilines is 1. The highest BCUT2D eigenvalue weighted by atomic mass is 35.5. The summed E-state index contributed by atoms with van der Waals surface area (Å²) in [5, 5.41) is 0.519. The lowest BCUT2D eigenvalue weighted by molar-refractivity contribution is 0.393. The fraction of sp³-hybridized carbons (Fsp3) is 0.286. The molecule has 0 radical (unpaired) electrons. The number of hydrogen-bond donors (Lipinski definition) is 0. The van der Waals surface area contributed by atoms with E-state index in [1.165, 1.54) is 0 Å². The largest absolute Gasteiger partial charge is 0.497 e. The van der Waals surface area contributed by atoms with E-state index >= 15 is 0 Å². The second-order valence-corrected chi connectivity index (χ2v) is 4.71. The monoisotopic (exact) mass is 293 g/mol. The zero-order chi connectivity index (χ0) is 14.5. The molecule has 1 heterocycles. The molecule has 0 saturated heterocycles. The van der Waals surface area contributed by atoms with Crippen molar-refractivity contribution < 1.29 is 9.47 Å². The van der Waals surface area contributed by atoms with Gasteiger partial charge in [0, 0.05) is 19.7 Å². The summed E-state index contributed by atoms with van der Waals surface area (Å²) in [7, 11) is 5.17. The SMILES string of the molecule is COc1cc(CN(C)c2ncc(Cl)cn2)cc(OC)c1. The summed E-state index contributed by atoms with van der Waals surface area (Å²) in [6, 6.07) is 5.74. The van der Waals surface area contributed by atoms with Gasteiger partial charge >= 0.3 is 0 Å². The van der Waals surface area contributed by atoms with Gasteiger partial charge in [0.05, 0.1) is 31.6 Å². The molecule has 0 atom stereocenters. The average molecular weight is 294 g/mol. The summed E-state index contributed by atoms with van der Waals surface area (Å²) in [6.07, 6.45) is 3.15. The van der Waals surface area contributed by atoms with E-state index in [2.05, 4.69) is 9.97 Å². The van der Waals surface area contributed by atoms with Crippen LogP contribution in [0, 0.1) is 0 Å². The Bertz CT molecular complexity index is 553. The van der Waals surface area contributed by atoms with Crippen molar-refractivity contribution in [1.82, 2.24) is 9.97 Å². The third kappa shape index (κ3) is 3.51. The Morgan fingerprint density at radius 3 is 2.10 bits per heavy atom. The number of halogens is 1. The topological polar surface area (TPSA) is 47.5 Å². The maximum Gasteiger partial charge on any atom is 0.225 e. The molecule has 6 heteroatoms. The van der Waals surface area contributed by atoms with E-state index in [-0.39, 0.29) is 0 Å². The first-order valence-corrected chi connectivity index (χ1v) is 6.41. The Hall–Kier alpha value is -2.01. The van der Waals surface area contributed by atoms with Crippen molar-refractivity contribution in [3.8, 4) is 11.5 Å². The fourth-order valence-corrected chi connectivity index (χ4v) is 1.90. The minimum Gasteiger partial charge on any atom is -0.497 e. The van der Waals surface area contributed by atoms with Crippen LogP contribution in [0.25, 0.3) is 0 Å². The second-order valence-electron chi connectivity index (χ2n) is 4.28. The Morgan fingerprint density at radius 2 is 1.60 bits per heavy atom. The van der Waals surface area contributed by atoms with Crippen LogP contribution in [-0.4, -0.2) is 31.2 Å². The van der Waals surface area contributed by atoms with Crippen LogP contribution in [0.3, 0.4) is 0 Å². The van der Waals surface area contributed by atoms with Gasteiger partial charge in [-0.15, -0.1) is 0 Å². The van der Waals surface area contributed by atoms with Gasteiger partial charge in [-0.05, 0) is 17.7 Å². The molecular formula is C14H16ClN3O2. The van der Waals surface area contributed by atoms with Crippen molar-refractivity contribution >= 4 is 17.5 Å². The number of methoxy groups -OCH3 is 2. The molecule has 0 aliphatic rings. The maximum atomic E-state index is 5.78. The van der Waals surface area contributed by atoms with Crippen molar-refractivity contribution in [2.45, 2.75) is 6.54 Å². The highest BCUT2D eigenvalue weighted by molar-refractivity contribution is 6.30. The zero-order valence-electron chi connectivity index (χ0n) is 11.6. The quantitative estimate of drug-likeness (QED) is 0.848. The molecule has 0 aliphatic heterocycles. The van der Waals surface area contributed by atoms with Crippen LogP contribution >= 0.6 is 11.6 Å². The van der Waals surface area contributed by atoms with Gasteiger partial charge in [-0.2, -0.15) is 0 Å². The minimum atomic E-state index is 0.519. The first-order chi connectivity index (χ1) is 9.62. The first-order valence-electron chi connectivity index (χ1n) is 6.03. The molecule has 106 valence electrons. The van der Waals surface area contributed by atoms with Gasteiger partial charge in [-0.25, -0.2) is 9.97 Å². The van der Waals surface area contributed by atoms with Crippen LogP contribution in [0.1, 0.15) is 5.56 Å². The van der Waals surface area contributed by atoms with E-state index < -0.39 is 0 Å². The summed E-state index contributed by atoms with van der Waals surface area (Å²) < 4.78 is 10.5. The number of aromatic nitrogens is 2. The molecule has 0 fully saturated rings. The molecular weight excluding hydrogens is 278 g/mol. The van der Waals surface area contributed by atoms with Gasteiger partial charge < -0.3 is 14.4 Å². The lowest BCUT2D eigenvalue weighted by atomic mass is 10.2. The molecule has 0 aliphatic carbocycles. The van der Waals surface area contributed by atoms with Gasteiger partial charge in [-0.3, -0.25) is 0 Å². The molecule has 20 heavy (non-hydrogen) atoms. The van der Waals surface area contributed by atoms with Gasteiger partial charge in [0.2, 0.25) is 5.95 Å². The molecule has 0 saturated carbocycles. The summed E-state index contributed by atoms with van der Waals surface area (Å²) in [5.41, 5.74) is 1.04. The zero-order valence-corrected chi connectivity index (χ0v) is 12.4. The van der Waals surface area contributed by atoms with E-state index in [0.29, 0.717) is 17.5 Å². The van der Waals surface area contributed by atoms with Crippen LogP contribution in [0.15, 0.2) is 30.6 Å². The average Bonchev–Trinajstić information content (AvgIpc) is 2.47. The standard InChI is InChI=1S/C14H16ClN3O2/c1-18(14-16-7-11(15)8-17-14)9-10-4-12(19-2)6-13(5-10)20-3/h4-8H,9H2,1-3H3. The second kappa shape index (κ2) is 6.43. The molecule has 1 aromatic carbocycles. The summed E-state index contributed by atoms with van der Waals surface area (Å²) in [4.78, 5) is 10.3. The molecule has 5 nitrogen and oxygen atoms in total. The summed E-state index contributed by atoms with van der Waals surface area (Å²) in [5.74, 6) is 2.12. The third-order valence-electron chi connectivity index (χ3n) is 2.78. The van der Waals surface area contributed by atoms with Crippen LogP contribution in [0.2, 0.25) is 5.02 Å². The number of hydrogen-bond acceptors (Lipinski definition) is 5. The number of nitrogens with zero attached hydrogens (tertiary/aromatic N) is 3. The summed E-state index contributed by atoms with van der Waals surface area (Å²) >= 11 is 5.78. The molecule has 0 spiro atoms. The highest BCUT2D eigenvalue weighted by Gasteiger charge is 2.08. The van der Waals surface area contributed by atoms with Crippen molar-refractivity contribution in [1.29, 1.82) is 0 Å². The molecule has 2 aromatic rings. The van der Waals surface area contributed by atoms with E-state index in [1.54, 1.807) is 26.6 Å². The number of rotatable bonds is 5. The molecule has 1 aromatic heterocycles. The lowest BCUT2D eigenvalue weighted by Gasteiger charge is -2.17. The Balaban J connectivity index is 2.18. The molecule has 0 amide bonds. The predicted octanol–water partition coefficient (Wildman–Crippen LogP) is 2.78. The lowest BCUT2D eigenvalue weighted by Crippen LogP contribution is -2.18. The fourth-order valence-electron chi connectivity index (χ4n) is 1.80. The van der Waals surface area contributed by atoms with Gasteiger partial charge in [0.1, 0.15) is 11.5 Å². The predicted molar refractivity (Wildman–Crippen MR) is 78.7 cm³/mol. The van der Waals surface area contributed by atoms with Gasteiger partial charge in [0.15, 0.2) is 0 Å². The van der Waals surface area contributed by atoms with Crippen LogP contribution in [0.5, 0.6) is 11.5 Å². The van der Waals surface area contributed by atoms with Crippen LogP contribution in [0.4, 0.5) is 5.95 Å². The van der Waals surface area contributed by atoms with E-state index in [0.717, 1.165) is 17.1 Å². The first kappa shape index (κ1) is 14.4. The van der Waals surface area contributed by atoms with E-state index in [4.69, 9.17) is 21.1 Å². The third-order valence-corrected chi connectivity index (χ3v) is 2.97. The normalized spacial score (nSPS) is 10.2. The molecule has 2 rings (SSSR count). The number of ether oxygens (including phenoxy) is 2. The molecule has 0 bridgehead atoms. The number of benzene rings is 1. The maximum absolute atomic E-state index is 5.78. The summed E-state index contributed by atoms with van der Waals surface area (Å²) in [6.45, 7) is 0.634. The molecule has 0 N–H and O–H groups in total. The minimum absolute atomic E-state index is 0.519. The van der Waals surface area contributed by atoms with Crippen molar-refractivity contribution in [2.24, 2.45) is 0 Å². The van der Waals surface area contributed by atoms with Crippen molar-refractivity contribution in [2.75, 3.05) is 26.2 Å². The Morgan fingerprint density at radius 1 is 1.05 bits per heavy atom. The van der Waals surface area contributed by atoms with Crippen molar-refractivity contribution in [3.63, 3.8) is 0 Å². The van der Waals surface area contributed by atoms with E-state index in [9.17, 15) is 0 Å².